The third kappa shape index (κ3) is 2.87. The highest BCUT2D eigenvalue weighted by Gasteiger charge is 2.13. The molecule has 114 valence electrons. The van der Waals surface area contributed by atoms with Crippen molar-refractivity contribution in [2.24, 2.45) is 0 Å². The summed E-state index contributed by atoms with van der Waals surface area (Å²) >= 11 is 1.50. The number of nitrogens with one attached hydrogen (secondary N) is 1. The van der Waals surface area contributed by atoms with Crippen LogP contribution in [0, 0.1) is 20.8 Å². The maximum absolute atomic E-state index is 12.1. The van der Waals surface area contributed by atoms with Crippen LogP contribution >= 0.6 is 11.3 Å². The van der Waals surface area contributed by atoms with Crippen LogP contribution in [0.25, 0.3) is 10.2 Å². The molecular formula is C16H17N3O2S. The lowest BCUT2D eigenvalue weighted by Crippen LogP contribution is -2.12. The van der Waals surface area contributed by atoms with Gasteiger partial charge >= 0.3 is 0 Å². The fourth-order valence-corrected chi connectivity index (χ4v) is 3.38. The number of benzene rings is 1. The van der Waals surface area contributed by atoms with E-state index in [0.29, 0.717) is 18.0 Å². The predicted octanol–water partition coefficient (Wildman–Crippen LogP) is 3.78. The highest BCUT2D eigenvalue weighted by molar-refractivity contribution is 7.22. The third-order valence-corrected chi connectivity index (χ3v) is 4.59. The van der Waals surface area contributed by atoms with E-state index in [4.69, 9.17) is 4.52 Å². The largest absolute Gasteiger partial charge is 0.361 e. The first kappa shape index (κ1) is 14.7. The monoisotopic (exact) mass is 315 g/mol. The molecule has 0 saturated carbocycles. The van der Waals surface area contributed by atoms with Crippen LogP contribution in [0.4, 0.5) is 5.13 Å². The standard InChI is InChI=1S/C16H17N3O2S/c1-9-5-4-6-13-15(9)18-16(22-13)17-14(20)8-7-12-10(2)19-21-11(12)3/h4-6H,7-8H2,1-3H3,(H,17,18,20). The van der Waals surface area contributed by atoms with Gasteiger partial charge in [0.25, 0.3) is 0 Å². The summed E-state index contributed by atoms with van der Waals surface area (Å²) in [5.74, 6) is 0.734. The summed E-state index contributed by atoms with van der Waals surface area (Å²) in [7, 11) is 0. The number of thiazole rings is 1. The fourth-order valence-electron chi connectivity index (χ4n) is 2.42. The summed E-state index contributed by atoms with van der Waals surface area (Å²) in [4.78, 5) is 16.6. The van der Waals surface area contributed by atoms with Crippen LogP contribution in [-0.2, 0) is 11.2 Å². The van der Waals surface area contributed by atoms with Crippen molar-refractivity contribution in [2.75, 3.05) is 5.32 Å². The second-order valence-corrected chi connectivity index (χ2v) is 6.32. The molecule has 2 aromatic heterocycles. The van der Waals surface area contributed by atoms with E-state index in [9.17, 15) is 4.79 Å². The third-order valence-electron chi connectivity index (χ3n) is 3.65. The van der Waals surface area contributed by atoms with Gasteiger partial charge in [-0.3, -0.25) is 4.79 Å². The molecule has 0 spiro atoms. The molecule has 0 unspecified atom stereocenters. The van der Waals surface area contributed by atoms with Crippen molar-refractivity contribution in [2.45, 2.75) is 33.6 Å². The van der Waals surface area contributed by atoms with Crippen LogP contribution in [0.5, 0.6) is 0 Å². The van der Waals surface area contributed by atoms with Crippen LogP contribution in [0.3, 0.4) is 0 Å². The van der Waals surface area contributed by atoms with Crippen molar-refractivity contribution in [1.29, 1.82) is 0 Å². The molecule has 5 nitrogen and oxygen atoms in total. The molecule has 0 radical (unpaired) electrons. The first-order valence-electron chi connectivity index (χ1n) is 7.12. The number of aryl methyl sites for hydroxylation is 3. The van der Waals surface area contributed by atoms with Gasteiger partial charge in [-0.25, -0.2) is 4.98 Å². The van der Waals surface area contributed by atoms with E-state index in [-0.39, 0.29) is 5.91 Å². The maximum atomic E-state index is 12.1. The average Bonchev–Trinajstić information content (AvgIpc) is 3.02. The minimum Gasteiger partial charge on any atom is -0.361 e. The van der Waals surface area contributed by atoms with E-state index >= 15 is 0 Å². The van der Waals surface area contributed by atoms with Crippen LogP contribution in [0.1, 0.15) is 29.0 Å². The summed E-state index contributed by atoms with van der Waals surface area (Å²) < 4.78 is 6.19. The van der Waals surface area contributed by atoms with Gasteiger partial charge in [0.1, 0.15) is 5.76 Å². The van der Waals surface area contributed by atoms with Gasteiger partial charge in [-0.05, 0) is 38.8 Å². The minimum absolute atomic E-state index is 0.0447. The van der Waals surface area contributed by atoms with Crippen molar-refractivity contribution >= 4 is 32.6 Å². The van der Waals surface area contributed by atoms with E-state index < -0.39 is 0 Å². The molecule has 0 aliphatic rings. The highest BCUT2D eigenvalue weighted by atomic mass is 32.1. The summed E-state index contributed by atoms with van der Waals surface area (Å²) in [6, 6.07) is 6.03. The zero-order valence-corrected chi connectivity index (χ0v) is 13.6. The molecule has 1 aromatic carbocycles. The zero-order valence-electron chi connectivity index (χ0n) is 12.8. The summed E-state index contributed by atoms with van der Waals surface area (Å²) in [5, 5.41) is 7.42. The number of nitrogens with zero attached hydrogens (tertiary/aromatic N) is 2. The summed E-state index contributed by atoms with van der Waals surface area (Å²) in [6.45, 7) is 5.77. The number of amides is 1. The second kappa shape index (κ2) is 5.88. The van der Waals surface area contributed by atoms with Crippen molar-refractivity contribution in [3.63, 3.8) is 0 Å². The number of carbonyl (C=O) groups excluding carboxylic acids is 1. The molecule has 0 aliphatic heterocycles. The van der Waals surface area contributed by atoms with Crippen LogP contribution in [0.2, 0.25) is 0 Å². The lowest BCUT2D eigenvalue weighted by atomic mass is 10.1. The minimum atomic E-state index is -0.0447. The van der Waals surface area contributed by atoms with Crippen LogP contribution < -0.4 is 5.32 Å². The van der Waals surface area contributed by atoms with E-state index in [0.717, 1.165) is 32.8 Å². The Morgan fingerprint density at radius 1 is 1.32 bits per heavy atom. The fraction of sp³-hybridized carbons (Fsp3) is 0.312. The molecule has 6 heteroatoms. The molecule has 0 saturated heterocycles. The molecule has 3 aromatic rings. The Labute approximate surface area is 132 Å². The van der Waals surface area contributed by atoms with E-state index in [1.165, 1.54) is 11.3 Å². The lowest BCUT2D eigenvalue weighted by Gasteiger charge is -2.01. The number of hydrogen-bond donors (Lipinski definition) is 1. The van der Waals surface area contributed by atoms with E-state index in [2.05, 4.69) is 15.5 Å². The van der Waals surface area contributed by atoms with Crippen molar-refractivity contribution < 1.29 is 9.32 Å². The number of aromatic nitrogens is 2. The molecule has 1 N–H and O–H groups in total. The molecule has 2 heterocycles. The molecular weight excluding hydrogens is 298 g/mol. The Hall–Kier alpha value is -2.21. The number of rotatable bonds is 4. The lowest BCUT2D eigenvalue weighted by molar-refractivity contribution is -0.116. The van der Waals surface area contributed by atoms with Gasteiger partial charge in [0.05, 0.1) is 15.9 Å². The Bertz CT molecular complexity index is 816. The number of hydrogen-bond acceptors (Lipinski definition) is 5. The molecule has 0 atom stereocenters. The van der Waals surface area contributed by atoms with Gasteiger partial charge in [-0.2, -0.15) is 0 Å². The molecule has 0 aliphatic carbocycles. The van der Waals surface area contributed by atoms with E-state index in [1.54, 1.807) is 0 Å². The number of fused-ring (bicyclic) bond motifs is 1. The molecule has 0 bridgehead atoms. The van der Waals surface area contributed by atoms with Gasteiger partial charge in [0.2, 0.25) is 5.91 Å². The average molecular weight is 315 g/mol. The summed E-state index contributed by atoms with van der Waals surface area (Å²) in [5.41, 5.74) is 3.93. The SMILES string of the molecule is Cc1noc(C)c1CCC(=O)Nc1nc2c(C)cccc2s1. The van der Waals surface area contributed by atoms with Crippen molar-refractivity contribution in [1.82, 2.24) is 10.1 Å². The number of carbonyl (C=O) groups is 1. The molecule has 3 rings (SSSR count). The van der Waals surface area contributed by atoms with Gasteiger partial charge < -0.3 is 9.84 Å². The Morgan fingerprint density at radius 2 is 2.14 bits per heavy atom. The number of anilines is 1. The number of para-hydroxylation sites is 1. The van der Waals surface area contributed by atoms with Gasteiger partial charge in [-0.15, -0.1) is 0 Å². The normalized spacial score (nSPS) is 11.0. The molecule has 22 heavy (non-hydrogen) atoms. The quantitative estimate of drug-likeness (QED) is 0.795. The van der Waals surface area contributed by atoms with Crippen LogP contribution in [0.15, 0.2) is 22.7 Å². The Balaban J connectivity index is 1.67. The first-order valence-corrected chi connectivity index (χ1v) is 7.94. The predicted molar refractivity (Wildman–Crippen MR) is 87.3 cm³/mol. The van der Waals surface area contributed by atoms with Gasteiger partial charge in [-0.1, -0.05) is 28.6 Å². The van der Waals surface area contributed by atoms with Crippen molar-refractivity contribution in [3.05, 3.63) is 40.8 Å². The van der Waals surface area contributed by atoms with Gasteiger partial charge in [0, 0.05) is 12.0 Å². The summed E-state index contributed by atoms with van der Waals surface area (Å²) in [6.07, 6.45) is 1.01. The van der Waals surface area contributed by atoms with E-state index in [1.807, 2.05) is 39.0 Å². The Morgan fingerprint density at radius 3 is 2.82 bits per heavy atom. The first-order chi connectivity index (χ1) is 10.5. The second-order valence-electron chi connectivity index (χ2n) is 5.29. The zero-order chi connectivity index (χ0) is 15.7. The molecule has 1 amide bonds. The Kier molecular flexibility index (Phi) is 3.94. The topological polar surface area (TPSA) is 68.0 Å². The van der Waals surface area contributed by atoms with Gasteiger partial charge in [0.15, 0.2) is 5.13 Å². The van der Waals surface area contributed by atoms with Crippen molar-refractivity contribution in [3.8, 4) is 0 Å². The van der Waals surface area contributed by atoms with Crippen LogP contribution in [-0.4, -0.2) is 16.0 Å². The maximum Gasteiger partial charge on any atom is 0.226 e. The highest BCUT2D eigenvalue weighted by Crippen LogP contribution is 2.28. The molecule has 0 fully saturated rings. The smallest absolute Gasteiger partial charge is 0.226 e.